The molecule has 5 nitrogen and oxygen atoms in total. The van der Waals surface area contributed by atoms with Crippen LogP contribution in [-0.2, 0) is 9.59 Å². The molecule has 1 amide bonds. The van der Waals surface area contributed by atoms with Crippen LogP contribution in [0.25, 0.3) is 0 Å². The Bertz CT molecular complexity index is 360. The van der Waals surface area contributed by atoms with E-state index < -0.39 is 23.3 Å². The number of hydrogen-bond acceptors (Lipinski definition) is 3. The number of carbonyl (C=O) groups is 2. The molecule has 0 aliphatic heterocycles. The normalized spacial score (nSPS) is 29.7. The van der Waals surface area contributed by atoms with Gasteiger partial charge in [0.25, 0.3) is 0 Å². The summed E-state index contributed by atoms with van der Waals surface area (Å²) in [5.74, 6) is -2.33. The number of carbonyl (C=O) groups excluding carboxylic acids is 1. The van der Waals surface area contributed by atoms with E-state index in [-0.39, 0.29) is 12.5 Å². The summed E-state index contributed by atoms with van der Waals surface area (Å²) in [6.07, 6.45) is 6.07. The second-order valence-corrected chi connectivity index (χ2v) is 4.92. The fourth-order valence-electron chi connectivity index (χ4n) is 2.20. The van der Waals surface area contributed by atoms with Crippen molar-refractivity contribution >= 4 is 11.9 Å². The summed E-state index contributed by atoms with van der Waals surface area (Å²) in [7, 11) is 0. The average Bonchev–Trinajstić information content (AvgIpc) is 3.09. The van der Waals surface area contributed by atoms with Gasteiger partial charge in [0.2, 0.25) is 5.91 Å². The van der Waals surface area contributed by atoms with Gasteiger partial charge in [0.15, 0.2) is 0 Å². The van der Waals surface area contributed by atoms with E-state index in [0.717, 1.165) is 12.8 Å². The van der Waals surface area contributed by atoms with Crippen molar-refractivity contribution in [2.45, 2.75) is 31.2 Å². The third kappa shape index (κ3) is 2.49. The number of aliphatic carboxylic acids is 1. The Hall–Kier alpha value is -1.36. The smallest absolute Gasteiger partial charge is 0.307 e. The third-order valence-corrected chi connectivity index (χ3v) is 3.63. The van der Waals surface area contributed by atoms with Crippen LogP contribution in [0.5, 0.6) is 0 Å². The second-order valence-electron chi connectivity index (χ2n) is 4.92. The lowest BCUT2D eigenvalue weighted by atomic mass is 9.82. The first-order valence-electron chi connectivity index (χ1n) is 5.89. The zero-order chi connectivity index (χ0) is 12.5. The van der Waals surface area contributed by atoms with Crippen LogP contribution in [0.3, 0.4) is 0 Å². The third-order valence-electron chi connectivity index (χ3n) is 3.63. The van der Waals surface area contributed by atoms with Crippen LogP contribution in [0.4, 0.5) is 0 Å². The first-order valence-corrected chi connectivity index (χ1v) is 5.89. The highest BCUT2D eigenvalue weighted by Crippen LogP contribution is 2.36. The summed E-state index contributed by atoms with van der Waals surface area (Å²) >= 11 is 0. The number of allylic oxidation sites excluding steroid dienone is 2. The Morgan fingerprint density at radius 3 is 2.29 bits per heavy atom. The van der Waals surface area contributed by atoms with Crippen molar-refractivity contribution in [3.63, 3.8) is 0 Å². The zero-order valence-electron chi connectivity index (χ0n) is 9.56. The molecule has 2 aliphatic carbocycles. The largest absolute Gasteiger partial charge is 0.481 e. The van der Waals surface area contributed by atoms with Gasteiger partial charge in [-0.1, -0.05) is 12.2 Å². The van der Waals surface area contributed by atoms with Gasteiger partial charge in [0.05, 0.1) is 24.0 Å². The topological polar surface area (TPSA) is 86.6 Å². The minimum atomic E-state index is -0.927. The van der Waals surface area contributed by atoms with Gasteiger partial charge in [-0.3, -0.25) is 9.59 Å². The minimum absolute atomic E-state index is 0.0704. The van der Waals surface area contributed by atoms with E-state index in [0.29, 0.717) is 12.8 Å². The lowest BCUT2D eigenvalue weighted by Crippen LogP contribution is -2.46. The Kier molecular flexibility index (Phi) is 3.19. The molecule has 94 valence electrons. The molecule has 0 aromatic rings. The average molecular weight is 239 g/mol. The van der Waals surface area contributed by atoms with E-state index in [1.54, 1.807) is 0 Å². The van der Waals surface area contributed by atoms with Crippen LogP contribution < -0.4 is 5.32 Å². The van der Waals surface area contributed by atoms with Gasteiger partial charge in [-0.25, -0.2) is 0 Å². The van der Waals surface area contributed by atoms with E-state index in [9.17, 15) is 9.59 Å². The van der Waals surface area contributed by atoms with Crippen molar-refractivity contribution in [1.29, 1.82) is 0 Å². The van der Waals surface area contributed by atoms with E-state index in [1.807, 2.05) is 12.2 Å². The summed E-state index contributed by atoms with van der Waals surface area (Å²) in [5, 5.41) is 21.0. The number of aliphatic hydroxyl groups is 1. The molecule has 0 bridgehead atoms. The standard InChI is InChI=1S/C12H17NO4/c14-7-12(5-6-12)13-10(15)8-3-1-2-4-9(8)11(16)17/h1-2,8-9,14H,3-7H2,(H,13,15)(H,16,17). The maximum absolute atomic E-state index is 12.0. The molecule has 0 radical (unpaired) electrons. The molecule has 1 saturated carbocycles. The summed E-state index contributed by atoms with van der Waals surface area (Å²) in [5.41, 5.74) is -0.471. The highest BCUT2D eigenvalue weighted by molar-refractivity contribution is 5.86. The van der Waals surface area contributed by atoms with Gasteiger partial charge >= 0.3 is 5.97 Å². The summed E-state index contributed by atoms with van der Waals surface area (Å²) in [6.45, 7) is -0.0704. The predicted molar refractivity (Wildman–Crippen MR) is 60.2 cm³/mol. The molecule has 1 fully saturated rings. The van der Waals surface area contributed by atoms with Gasteiger partial charge in [-0.05, 0) is 25.7 Å². The van der Waals surface area contributed by atoms with E-state index in [1.165, 1.54) is 0 Å². The maximum atomic E-state index is 12.0. The van der Waals surface area contributed by atoms with Gasteiger partial charge in [-0.15, -0.1) is 0 Å². The SMILES string of the molecule is O=C(O)C1CC=CCC1C(=O)NC1(CO)CC1. The first-order chi connectivity index (χ1) is 8.08. The molecule has 0 heterocycles. The number of amides is 1. The molecule has 5 heteroatoms. The lowest BCUT2D eigenvalue weighted by molar-refractivity contribution is -0.147. The Morgan fingerprint density at radius 2 is 1.82 bits per heavy atom. The van der Waals surface area contributed by atoms with Crippen LogP contribution >= 0.6 is 0 Å². The number of hydrogen-bond donors (Lipinski definition) is 3. The van der Waals surface area contributed by atoms with Gasteiger partial charge in [0, 0.05) is 0 Å². The second kappa shape index (κ2) is 4.49. The van der Waals surface area contributed by atoms with E-state index in [2.05, 4.69) is 5.32 Å². The van der Waals surface area contributed by atoms with Crippen LogP contribution in [0.1, 0.15) is 25.7 Å². The van der Waals surface area contributed by atoms with Crippen molar-refractivity contribution in [2.75, 3.05) is 6.61 Å². The highest BCUT2D eigenvalue weighted by atomic mass is 16.4. The summed E-state index contributed by atoms with van der Waals surface area (Å²) < 4.78 is 0. The van der Waals surface area contributed by atoms with Gasteiger partial charge in [-0.2, -0.15) is 0 Å². The van der Waals surface area contributed by atoms with Crippen LogP contribution in [0.2, 0.25) is 0 Å². The Labute approximate surface area is 99.5 Å². The first kappa shape index (κ1) is 12.1. The molecular weight excluding hydrogens is 222 g/mol. The molecule has 2 atom stereocenters. The van der Waals surface area contributed by atoms with Crippen molar-refractivity contribution in [1.82, 2.24) is 5.32 Å². The molecule has 2 unspecified atom stereocenters. The van der Waals surface area contributed by atoms with Crippen molar-refractivity contribution in [3.05, 3.63) is 12.2 Å². The molecule has 3 N–H and O–H groups in total. The molecule has 0 spiro atoms. The summed E-state index contributed by atoms with van der Waals surface area (Å²) in [6, 6.07) is 0. The van der Waals surface area contributed by atoms with Crippen molar-refractivity contribution in [2.24, 2.45) is 11.8 Å². The van der Waals surface area contributed by atoms with Crippen LogP contribution in [0.15, 0.2) is 12.2 Å². The quantitative estimate of drug-likeness (QED) is 0.616. The number of carboxylic acid groups (broad SMARTS) is 1. The van der Waals surface area contributed by atoms with Gasteiger partial charge in [0.1, 0.15) is 0 Å². The molecule has 0 aromatic carbocycles. The number of carboxylic acids is 1. The maximum Gasteiger partial charge on any atom is 0.307 e. The number of aliphatic hydroxyl groups excluding tert-OH is 1. The molecule has 0 saturated heterocycles. The molecule has 0 aromatic heterocycles. The Morgan fingerprint density at radius 1 is 1.24 bits per heavy atom. The van der Waals surface area contributed by atoms with Crippen molar-refractivity contribution in [3.8, 4) is 0 Å². The zero-order valence-corrected chi connectivity index (χ0v) is 9.56. The molecule has 2 rings (SSSR count). The minimum Gasteiger partial charge on any atom is -0.481 e. The van der Waals surface area contributed by atoms with Crippen LogP contribution in [0, 0.1) is 11.8 Å². The van der Waals surface area contributed by atoms with Crippen LogP contribution in [-0.4, -0.2) is 34.2 Å². The molecule has 2 aliphatic rings. The summed E-state index contributed by atoms with van der Waals surface area (Å²) in [4.78, 5) is 23.1. The highest BCUT2D eigenvalue weighted by Gasteiger charge is 2.45. The van der Waals surface area contributed by atoms with E-state index >= 15 is 0 Å². The van der Waals surface area contributed by atoms with Crippen molar-refractivity contribution < 1.29 is 19.8 Å². The fourth-order valence-corrected chi connectivity index (χ4v) is 2.20. The molecule has 17 heavy (non-hydrogen) atoms. The lowest BCUT2D eigenvalue weighted by Gasteiger charge is -2.26. The fraction of sp³-hybridized carbons (Fsp3) is 0.667. The predicted octanol–water partition coefficient (Wildman–Crippen LogP) is 0.294. The number of nitrogens with one attached hydrogen (secondary N) is 1. The monoisotopic (exact) mass is 239 g/mol. The molecular formula is C12H17NO4. The number of rotatable bonds is 4. The van der Waals surface area contributed by atoms with Gasteiger partial charge < -0.3 is 15.5 Å². The Balaban J connectivity index is 2.02. The van der Waals surface area contributed by atoms with E-state index in [4.69, 9.17) is 10.2 Å².